The zero-order valence-electron chi connectivity index (χ0n) is 15.1. The molecule has 134 valence electrons. The predicted molar refractivity (Wildman–Crippen MR) is 106 cm³/mol. The summed E-state index contributed by atoms with van der Waals surface area (Å²) in [6.45, 7) is 2.28. The van der Waals surface area contributed by atoms with Crippen LogP contribution in [0, 0.1) is 0 Å². The molecule has 1 aromatic rings. The zero-order chi connectivity index (χ0) is 15.9. The van der Waals surface area contributed by atoms with Gasteiger partial charge in [-0.05, 0) is 12.0 Å². The first-order valence-corrected chi connectivity index (χ1v) is 9.65. The average Bonchev–Trinajstić information content (AvgIpc) is 2.56. The lowest BCUT2D eigenvalue weighted by Gasteiger charge is -2.11. The molecule has 0 saturated heterocycles. The van der Waals surface area contributed by atoms with Crippen LogP contribution in [-0.4, -0.2) is 0 Å². The molecule has 1 aromatic carbocycles. The highest BCUT2D eigenvalue weighted by Gasteiger charge is 2.04. The summed E-state index contributed by atoms with van der Waals surface area (Å²) in [6.07, 6.45) is 18.0. The van der Waals surface area contributed by atoms with Gasteiger partial charge in [0.2, 0.25) is 0 Å². The third-order valence-corrected chi connectivity index (χ3v) is 4.60. The van der Waals surface area contributed by atoms with Crippen LogP contribution >= 0.6 is 12.4 Å². The van der Waals surface area contributed by atoms with E-state index < -0.39 is 0 Å². The van der Waals surface area contributed by atoms with Crippen LogP contribution in [0.25, 0.3) is 0 Å². The van der Waals surface area contributed by atoms with Gasteiger partial charge >= 0.3 is 0 Å². The van der Waals surface area contributed by atoms with Gasteiger partial charge in [-0.1, -0.05) is 114 Å². The van der Waals surface area contributed by atoms with Crippen molar-refractivity contribution in [1.29, 1.82) is 0 Å². The van der Waals surface area contributed by atoms with Gasteiger partial charge in [-0.15, -0.1) is 12.4 Å². The van der Waals surface area contributed by atoms with Crippen LogP contribution in [0.2, 0.25) is 0 Å². The summed E-state index contributed by atoms with van der Waals surface area (Å²) < 4.78 is 0. The van der Waals surface area contributed by atoms with Crippen LogP contribution in [-0.2, 0) is 0 Å². The average molecular weight is 340 g/mol. The van der Waals surface area contributed by atoms with Crippen molar-refractivity contribution in [3.8, 4) is 0 Å². The van der Waals surface area contributed by atoms with Crippen molar-refractivity contribution in [3.05, 3.63) is 35.9 Å². The third kappa shape index (κ3) is 12.5. The van der Waals surface area contributed by atoms with Crippen molar-refractivity contribution in [2.45, 2.75) is 96.4 Å². The second kappa shape index (κ2) is 16.3. The van der Waals surface area contributed by atoms with Crippen molar-refractivity contribution >= 4 is 12.4 Å². The highest BCUT2D eigenvalue weighted by molar-refractivity contribution is 5.85. The highest BCUT2D eigenvalue weighted by atomic mass is 35.5. The summed E-state index contributed by atoms with van der Waals surface area (Å²) in [7, 11) is 0. The van der Waals surface area contributed by atoms with Crippen LogP contribution in [0.4, 0.5) is 0 Å². The van der Waals surface area contributed by atoms with Crippen molar-refractivity contribution < 1.29 is 0 Å². The minimum absolute atomic E-state index is 0. The molecule has 0 aliphatic heterocycles. The van der Waals surface area contributed by atoms with Gasteiger partial charge in [0.15, 0.2) is 0 Å². The number of unbranched alkanes of at least 4 members (excludes halogenated alkanes) is 11. The van der Waals surface area contributed by atoms with Crippen LogP contribution in [0.5, 0.6) is 0 Å². The van der Waals surface area contributed by atoms with Gasteiger partial charge in [0.25, 0.3) is 0 Å². The fourth-order valence-corrected chi connectivity index (χ4v) is 3.07. The standard InChI is InChI=1S/C21H37N.ClH/c1-2-3-4-5-6-7-8-9-10-11-12-16-19-21(22)20-17-14-13-15-18-20;/h13-15,17-18,21H,2-12,16,19,22H2,1H3;1H. The summed E-state index contributed by atoms with van der Waals surface area (Å²) in [5.41, 5.74) is 7.51. The number of halogens is 1. The van der Waals surface area contributed by atoms with E-state index in [9.17, 15) is 0 Å². The van der Waals surface area contributed by atoms with Crippen molar-refractivity contribution in [3.63, 3.8) is 0 Å². The van der Waals surface area contributed by atoms with Gasteiger partial charge in [0, 0.05) is 6.04 Å². The Bertz CT molecular complexity index is 339. The normalized spacial score (nSPS) is 11.9. The Hall–Kier alpha value is -0.530. The number of benzene rings is 1. The molecule has 0 spiro atoms. The molecule has 0 radical (unpaired) electrons. The molecule has 0 bridgehead atoms. The molecule has 0 aromatic heterocycles. The van der Waals surface area contributed by atoms with E-state index in [1.807, 2.05) is 0 Å². The Kier molecular flexibility index (Phi) is 16.0. The molecule has 1 unspecified atom stereocenters. The monoisotopic (exact) mass is 339 g/mol. The summed E-state index contributed by atoms with van der Waals surface area (Å²) in [6, 6.07) is 10.7. The van der Waals surface area contributed by atoms with E-state index in [4.69, 9.17) is 5.73 Å². The Morgan fingerprint density at radius 3 is 1.61 bits per heavy atom. The molecular formula is C21H38ClN. The van der Waals surface area contributed by atoms with E-state index in [0.717, 1.165) is 6.42 Å². The number of rotatable bonds is 14. The Balaban J connectivity index is 0.00000484. The number of nitrogens with two attached hydrogens (primary N) is 1. The van der Waals surface area contributed by atoms with Crippen LogP contribution in [0.3, 0.4) is 0 Å². The summed E-state index contributed by atoms with van der Waals surface area (Å²) in [5, 5.41) is 0. The number of hydrogen-bond donors (Lipinski definition) is 1. The topological polar surface area (TPSA) is 26.0 Å². The summed E-state index contributed by atoms with van der Waals surface area (Å²) in [5.74, 6) is 0. The van der Waals surface area contributed by atoms with Crippen molar-refractivity contribution in [1.82, 2.24) is 0 Å². The molecule has 23 heavy (non-hydrogen) atoms. The molecule has 0 heterocycles. The lowest BCUT2D eigenvalue weighted by atomic mass is 10.00. The molecular weight excluding hydrogens is 302 g/mol. The van der Waals surface area contributed by atoms with Crippen LogP contribution in [0.15, 0.2) is 30.3 Å². The van der Waals surface area contributed by atoms with E-state index in [1.54, 1.807) is 0 Å². The molecule has 1 nitrogen and oxygen atoms in total. The molecule has 0 amide bonds. The first kappa shape index (κ1) is 22.5. The predicted octanol–water partition coefficient (Wildman–Crippen LogP) is 7.20. The molecule has 2 N–H and O–H groups in total. The Labute approximate surface area is 150 Å². The lowest BCUT2D eigenvalue weighted by molar-refractivity contribution is 0.524. The maximum atomic E-state index is 6.23. The van der Waals surface area contributed by atoms with Gasteiger partial charge in [-0.2, -0.15) is 0 Å². The van der Waals surface area contributed by atoms with Crippen molar-refractivity contribution in [2.75, 3.05) is 0 Å². The van der Waals surface area contributed by atoms with Crippen molar-refractivity contribution in [2.24, 2.45) is 5.73 Å². The van der Waals surface area contributed by atoms with Gasteiger partial charge in [-0.3, -0.25) is 0 Å². The number of hydrogen-bond acceptors (Lipinski definition) is 1. The minimum atomic E-state index is 0. The van der Waals surface area contributed by atoms with Gasteiger partial charge in [0.1, 0.15) is 0 Å². The fourth-order valence-electron chi connectivity index (χ4n) is 3.07. The van der Waals surface area contributed by atoms with E-state index in [1.165, 1.54) is 82.6 Å². The van der Waals surface area contributed by atoms with Gasteiger partial charge in [0.05, 0.1) is 0 Å². The van der Waals surface area contributed by atoms with Gasteiger partial charge < -0.3 is 5.73 Å². The van der Waals surface area contributed by atoms with Gasteiger partial charge in [-0.25, -0.2) is 0 Å². The molecule has 0 aliphatic carbocycles. The zero-order valence-corrected chi connectivity index (χ0v) is 16.0. The quantitative estimate of drug-likeness (QED) is 0.356. The van der Waals surface area contributed by atoms with E-state index >= 15 is 0 Å². The SMILES string of the molecule is CCCCCCCCCCCCCCC(N)c1ccccc1.Cl. The Morgan fingerprint density at radius 2 is 1.13 bits per heavy atom. The molecule has 2 heteroatoms. The minimum Gasteiger partial charge on any atom is -0.324 e. The maximum absolute atomic E-state index is 6.23. The van der Waals surface area contributed by atoms with E-state index in [2.05, 4.69) is 37.3 Å². The third-order valence-electron chi connectivity index (χ3n) is 4.60. The molecule has 0 fully saturated rings. The van der Waals surface area contributed by atoms with Crippen LogP contribution in [0.1, 0.15) is 102 Å². The molecule has 0 saturated carbocycles. The summed E-state index contributed by atoms with van der Waals surface area (Å²) in [4.78, 5) is 0. The summed E-state index contributed by atoms with van der Waals surface area (Å²) >= 11 is 0. The maximum Gasteiger partial charge on any atom is 0.0294 e. The molecule has 1 atom stereocenters. The Morgan fingerprint density at radius 1 is 0.696 bits per heavy atom. The van der Waals surface area contributed by atoms with E-state index in [-0.39, 0.29) is 18.4 Å². The fraction of sp³-hybridized carbons (Fsp3) is 0.714. The highest BCUT2D eigenvalue weighted by Crippen LogP contribution is 2.18. The first-order valence-electron chi connectivity index (χ1n) is 9.65. The molecule has 0 aliphatic rings. The van der Waals surface area contributed by atoms with Crippen LogP contribution < -0.4 is 5.73 Å². The second-order valence-corrected chi connectivity index (χ2v) is 6.69. The second-order valence-electron chi connectivity index (χ2n) is 6.69. The smallest absolute Gasteiger partial charge is 0.0294 e. The first-order chi connectivity index (χ1) is 10.8. The largest absolute Gasteiger partial charge is 0.324 e. The van der Waals surface area contributed by atoms with E-state index in [0.29, 0.717) is 0 Å². The molecule has 1 rings (SSSR count). The lowest BCUT2D eigenvalue weighted by Crippen LogP contribution is -2.09.